The Bertz CT molecular complexity index is 290. The lowest BCUT2D eigenvalue weighted by atomic mass is 10.5. The Morgan fingerprint density at radius 1 is 1.62 bits per heavy atom. The van der Waals surface area contributed by atoms with E-state index in [1.807, 2.05) is 18.7 Å². The molecule has 0 unspecified atom stereocenters. The average molecular weight is 182 g/mol. The Balaban J connectivity index is 2.84. The predicted octanol–water partition coefficient (Wildman–Crippen LogP) is 0.805. The van der Waals surface area contributed by atoms with E-state index in [1.165, 1.54) is 6.20 Å². The number of rotatable bonds is 4. The minimum absolute atomic E-state index is 0.0918. The van der Waals surface area contributed by atoms with E-state index in [1.54, 1.807) is 0 Å². The summed E-state index contributed by atoms with van der Waals surface area (Å²) in [6, 6.07) is 0.523. The maximum absolute atomic E-state index is 7.13. The molecule has 72 valence electrons. The molecule has 0 aliphatic carbocycles. The van der Waals surface area contributed by atoms with Gasteiger partial charge in [-0.3, -0.25) is 5.41 Å². The van der Waals surface area contributed by atoms with Crippen LogP contribution < -0.4 is 10.6 Å². The van der Waals surface area contributed by atoms with E-state index in [2.05, 4.69) is 4.98 Å². The van der Waals surface area contributed by atoms with E-state index in [0.29, 0.717) is 11.8 Å². The Morgan fingerprint density at radius 3 is 2.62 bits per heavy atom. The van der Waals surface area contributed by atoms with Gasteiger partial charge in [-0.25, -0.2) is 4.98 Å². The van der Waals surface area contributed by atoms with Crippen molar-refractivity contribution in [3.8, 4) is 0 Å². The third-order valence-corrected chi connectivity index (χ3v) is 1.79. The molecule has 1 aromatic rings. The summed E-state index contributed by atoms with van der Waals surface area (Å²) in [7, 11) is 0. The van der Waals surface area contributed by atoms with Crippen LogP contribution in [0.1, 0.15) is 19.6 Å². The zero-order valence-electron chi connectivity index (χ0n) is 7.87. The van der Waals surface area contributed by atoms with Gasteiger partial charge >= 0.3 is 0 Å². The Kier molecular flexibility index (Phi) is 2.89. The molecule has 1 aromatic heterocycles. The van der Waals surface area contributed by atoms with Crippen LogP contribution in [0.15, 0.2) is 10.6 Å². The van der Waals surface area contributed by atoms with Crippen LogP contribution in [0.3, 0.4) is 0 Å². The monoisotopic (exact) mass is 182 g/mol. The minimum Gasteiger partial charge on any atom is -0.420 e. The number of nitrogens with zero attached hydrogens (tertiary/aromatic N) is 2. The first-order valence-electron chi connectivity index (χ1n) is 4.24. The zero-order valence-corrected chi connectivity index (χ0v) is 7.87. The summed E-state index contributed by atoms with van der Waals surface area (Å²) in [5.41, 5.74) is 5.24. The number of anilines is 1. The predicted molar refractivity (Wildman–Crippen MR) is 51.1 cm³/mol. The highest BCUT2D eigenvalue weighted by Crippen LogP contribution is 2.13. The van der Waals surface area contributed by atoms with E-state index in [4.69, 9.17) is 15.6 Å². The molecule has 0 aliphatic heterocycles. The van der Waals surface area contributed by atoms with Gasteiger partial charge in [-0.2, -0.15) is 0 Å². The third-order valence-electron chi connectivity index (χ3n) is 1.79. The number of aromatic nitrogens is 1. The maximum Gasteiger partial charge on any atom is 0.297 e. The lowest BCUT2D eigenvalue weighted by Gasteiger charge is -2.14. The van der Waals surface area contributed by atoms with Crippen molar-refractivity contribution < 1.29 is 4.42 Å². The SMILES string of the molecule is CCN(CC)c1ncc(C(=N)N)o1. The number of amidine groups is 1. The number of hydrogen-bond donors (Lipinski definition) is 2. The number of nitrogens with two attached hydrogens (primary N) is 1. The van der Waals surface area contributed by atoms with Gasteiger partial charge in [0, 0.05) is 13.1 Å². The fourth-order valence-corrected chi connectivity index (χ4v) is 1.03. The van der Waals surface area contributed by atoms with Crippen molar-refractivity contribution in [3.05, 3.63) is 12.0 Å². The van der Waals surface area contributed by atoms with Gasteiger partial charge in [0.15, 0.2) is 11.6 Å². The third kappa shape index (κ3) is 1.99. The second kappa shape index (κ2) is 3.93. The summed E-state index contributed by atoms with van der Waals surface area (Å²) in [5, 5.41) is 7.13. The molecule has 0 saturated carbocycles. The smallest absolute Gasteiger partial charge is 0.297 e. The number of nitrogen functional groups attached to an aromatic ring is 1. The number of hydrogen-bond acceptors (Lipinski definition) is 4. The maximum atomic E-state index is 7.13. The van der Waals surface area contributed by atoms with Crippen LogP contribution >= 0.6 is 0 Å². The summed E-state index contributed by atoms with van der Waals surface area (Å²) in [6.07, 6.45) is 1.47. The minimum atomic E-state index is -0.0918. The fourth-order valence-electron chi connectivity index (χ4n) is 1.03. The zero-order chi connectivity index (χ0) is 9.84. The van der Waals surface area contributed by atoms with Gasteiger partial charge in [0.05, 0.1) is 6.20 Å². The number of oxazole rings is 1. The topological polar surface area (TPSA) is 79.1 Å². The van der Waals surface area contributed by atoms with Crippen molar-refractivity contribution in [3.63, 3.8) is 0 Å². The molecule has 1 heterocycles. The van der Waals surface area contributed by atoms with Gasteiger partial charge in [-0.15, -0.1) is 0 Å². The second-order valence-electron chi connectivity index (χ2n) is 2.59. The quantitative estimate of drug-likeness (QED) is 0.533. The molecule has 0 aliphatic rings. The Labute approximate surface area is 77.1 Å². The number of nitrogens with one attached hydrogen (secondary N) is 1. The summed E-state index contributed by atoms with van der Waals surface area (Å²) in [5.74, 6) is 0.229. The van der Waals surface area contributed by atoms with E-state index in [0.717, 1.165) is 13.1 Å². The van der Waals surface area contributed by atoms with Crippen LogP contribution in [-0.2, 0) is 0 Å². The fraction of sp³-hybridized carbons (Fsp3) is 0.500. The van der Waals surface area contributed by atoms with Crippen molar-refractivity contribution in [1.82, 2.24) is 4.98 Å². The molecular weight excluding hydrogens is 168 g/mol. The molecule has 5 heteroatoms. The first-order chi connectivity index (χ1) is 6.19. The van der Waals surface area contributed by atoms with Crippen molar-refractivity contribution in [2.75, 3.05) is 18.0 Å². The van der Waals surface area contributed by atoms with E-state index < -0.39 is 0 Å². The van der Waals surface area contributed by atoms with Gasteiger partial charge in [-0.05, 0) is 13.8 Å². The second-order valence-corrected chi connectivity index (χ2v) is 2.59. The summed E-state index contributed by atoms with van der Waals surface area (Å²) in [6.45, 7) is 5.69. The van der Waals surface area contributed by atoms with Crippen LogP contribution in [0.4, 0.5) is 6.01 Å². The van der Waals surface area contributed by atoms with Gasteiger partial charge < -0.3 is 15.1 Å². The highest BCUT2D eigenvalue weighted by Gasteiger charge is 2.10. The molecule has 0 aromatic carbocycles. The Morgan fingerprint density at radius 2 is 2.23 bits per heavy atom. The van der Waals surface area contributed by atoms with Crippen LogP contribution in [-0.4, -0.2) is 23.9 Å². The molecule has 0 fully saturated rings. The summed E-state index contributed by atoms with van der Waals surface area (Å²) >= 11 is 0. The summed E-state index contributed by atoms with van der Waals surface area (Å²) in [4.78, 5) is 5.97. The first kappa shape index (κ1) is 9.57. The van der Waals surface area contributed by atoms with Gasteiger partial charge in [0.25, 0.3) is 6.01 Å². The first-order valence-corrected chi connectivity index (χ1v) is 4.24. The molecule has 0 bridgehead atoms. The molecule has 0 atom stereocenters. The van der Waals surface area contributed by atoms with Crippen molar-refractivity contribution in [2.45, 2.75) is 13.8 Å². The molecule has 1 rings (SSSR count). The molecule has 3 N–H and O–H groups in total. The van der Waals surface area contributed by atoms with Crippen molar-refractivity contribution >= 4 is 11.9 Å². The molecular formula is C8H14N4O. The Hall–Kier alpha value is -1.52. The molecule has 0 amide bonds. The van der Waals surface area contributed by atoms with E-state index in [-0.39, 0.29) is 5.84 Å². The largest absolute Gasteiger partial charge is 0.420 e. The normalized spacial score (nSPS) is 10.0. The molecule has 5 nitrogen and oxygen atoms in total. The van der Waals surface area contributed by atoms with Gasteiger partial charge in [0.2, 0.25) is 0 Å². The van der Waals surface area contributed by atoms with Crippen molar-refractivity contribution in [2.24, 2.45) is 5.73 Å². The van der Waals surface area contributed by atoms with Crippen molar-refractivity contribution in [1.29, 1.82) is 5.41 Å². The van der Waals surface area contributed by atoms with Gasteiger partial charge in [0.1, 0.15) is 0 Å². The average Bonchev–Trinajstić information content (AvgIpc) is 2.56. The highest BCUT2D eigenvalue weighted by atomic mass is 16.4. The van der Waals surface area contributed by atoms with E-state index in [9.17, 15) is 0 Å². The van der Waals surface area contributed by atoms with Crippen LogP contribution in [0.5, 0.6) is 0 Å². The molecule has 13 heavy (non-hydrogen) atoms. The van der Waals surface area contributed by atoms with Crippen LogP contribution in [0.25, 0.3) is 0 Å². The van der Waals surface area contributed by atoms with Gasteiger partial charge in [-0.1, -0.05) is 0 Å². The highest BCUT2D eigenvalue weighted by molar-refractivity contribution is 5.92. The lowest BCUT2D eigenvalue weighted by Crippen LogP contribution is -2.22. The van der Waals surface area contributed by atoms with E-state index >= 15 is 0 Å². The standard InChI is InChI=1S/C8H14N4O/c1-3-12(4-2)8-11-5-6(13-8)7(9)10/h5H,3-4H2,1-2H3,(H3,9,10). The molecule has 0 spiro atoms. The summed E-state index contributed by atoms with van der Waals surface area (Å²) < 4.78 is 5.25. The molecule has 0 saturated heterocycles. The van der Waals surface area contributed by atoms with Crippen LogP contribution in [0.2, 0.25) is 0 Å². The van der Waals surface area contributed by atoms with Crippen LogP contribution in [0, 0.1) is 5.41 Å². The lowest BCUT2D eigenvalue weighted by molar-refractivity contribution is 0.531. The molecule has 0 radical (unpaired) electrons.